The minimum atomic E-state index is -5.44. The summed E-state index contributed by atoms with van der Waals surface area (Å²) >= 11 is 1.41. The number of allylic oxidation sites excluding steroid dienone is 2. The summed E-state index contributed by atoms with van der Waals surface area (Å²) in [5, 5.41) is 1.34. The van der Waals surface area contributed by atoms with E-state index in [-0.39, 0.29) is 11.6 Å². The first-order valence-electron chi connectivity index (χ1n) is 6.93. The van der Waals surface area contributed by atoms with Gasteiger partial charge in [-0.2, -0.15) is 26.3 Å². The molecule has 24 heavy (non-hydrogen) atoms. The molecule has 1 aromatic heterocycles. The molecule has 0 saturated carbocycles. The molecule has 2 aromatic carbocycles. The minimum Gasteiger partial charge on any atom is -0.195 e. The van der Waals surface area contributed by atoms with Gasteiger partial charge in [0.1, 0.15) is 0 Å². The normalized spacial score (nSPS) is 21.3. The fraction of sp³-hybridized carbons (Fsp3) is 0.176. The quantitative estimate of drug-likeness (QED) is 0.444. The van der Waals surface area contributed by atoms with Gasteiger partial charge in [0.15, 0.2) is 0 Å². The van der Waals surface area contributed by atoms with E-state index in [4.69, 9.17) is 0 Å². The highest BCUT2D eigenvalue weighted by Crippen LogP contribution is 2.58. The predicted octanol–water partition coefficient (Wildman–Crippen LogP) is 6.36. The van der Waals surface area contributed by atoms with Crippen molar-refractivity contribution in [1.82, 2.24) is 0 Å². The van der Waals surface area contributed by atoms with Crippen LogP contribution in [0, 0.1) is 0 Å². The molecule has 1 aliphatic rings. The number of fused-ring (bicyclic) bond motifs is 3. The summed E-state index contributed by atoms with van der Waals surface area (Å²) < 4.78 is 83.0. The van der Waals surface area contributed by atoms with Gasteiger partial charge in [0.25, 0.3) is 0 Å². The van der Waals surface area contributed by atoms with E-state index in [2.05, 4.69) is 0 Å². The molecule has 1 aliphatic carbocycles. The number of thiophene rings is 1. The third-order valence-electron chi connectivity index (χ3n) is 4.16. The topological polar surface area (TPSA) is 0 Å². The highest BCUT2D eigenvalue weighted by atomic mass is 32.1. The zero-order valence-electron chi connectivity index (χ0n) is 11.8. The second-order valence-electron chi connectivity index (χ2n) is 5.64. The Morgan fingerprint density at radius 2 is 1.42 bits per heavy atom. The molecule has 0 saturated heterocycles. The van der Waals surface area contributed by atoms with Crippen LogP contribution in [0.4, 0.5) is 26.3 Å². The molecular weight excluding hydrogens is 350 g/mol. The van der Waals surface area contributed by atoms with Gasteiger partial charge in [0, 0.05) is 31.8 Å². The summed E-state index contributed by atoms with van der Waals surface area (Å²) in [6.07, 6.45) is -0.317. The van der Waals surface area contributed by atoms with E-state index < -0.39 is 23.3 Å². The van der Waals surface area contributed by atoms with Crippen molar-refractivity contribution in [2.24, 2.45) is 0 Å². The highest BCUT2D eigenvalue weighted by molar-refractivity contribution is 7.25. The van der Waals surface area contributed by atoms with Crippen molar-refractivity contribution in [3.63, 3.8) is 0 Å². The van der Waals surface area contributed by atoms with Gasteiger partial charge in [0.05, 0.1) is 0 Å². The van der Waals surface area contributed by atoms with Crippen molar-refractivity contribution in [2.75, 3.05) is 0 Å². The Bertz CT molecular complexity index is 999. The molecule has 0 radical (unpaired) electrons. The zero-order valence-corrected chi connectivity index (χ0v) is 12.6. The summed E-state index contributed by atoms with van der Waals surface area (Å²) in [4.78, 5) is 0. The van der Waals surface area contributed by atoms with Crippen LogP contribution >= 0.6 is 11.3 Å². The molecule has 0 unspecified atom stereocenters. The van der Waals surface area contributed by atoms with E-state index in [1.54, 1.807) is 12.1 Å². The zero-order chi connectivity index (χ0) is 17.3. The first-order chi connectivity index (χ1) is 11.1. The van der Waals surface area contributed by atoms with Crippen LogP contribution in [-0.2, 0) is 0 Å². The lowest BCUT2D eigenvalue weighted by Gasteiger charge is -2.25. The van der Waals surface area contributed by atoms with Gasteiger partial charge in [-0.3, -0.25) is 0 Å². The lowest BCUT2D eigenvalue weighted by atomic mass is 9.99. The number of benzene rings is 2. The van der Waals surface area contributed by atoms with Crippen molar-refractivity contribution in [1.29, 1.82) is 0 Å². The van der Waals surface area contributed by atoms with Crippen molar-refractivity contribution in [3.05, 3.63) is 54.1 Å². The van der Waals surface area contributed by atoms with E-state index in [1.807, 2.05) is 12.1 Å². The number of hydrogen-bond acceptors (Lipinski definition) is 1. The summed E-state index contributed by atoms with van der Waals surface area (Å²) in [5.41, 5.74) is -1.66. The minimum absolute atomic E-state index is 0.317. The van der Waals surface area contributed by atoms with Crippen molar-refractivity contribution >= 4 is 37.1 Å². The van der Waals surface area contributed by atoms with Gasteiger partial charge < -0.3 is 0 Å². The van der Waals surface area contributed by atoms with Gasteiger partial charge in [0.2, 0.25) is 0 Å². The molecule has 0 bridgehead atoms. The molecule has 0 atom stereocenters. The summed E-state index contributed by atoms with van der Waals surface area (Å²) in [7, 11) is 0. The fourth-order valence-electron chi connectivity index (χ4n) is 2.90. The first kappa shape index (κ1) is 15.5. The number of rotatable bonds is 1. The number of hydrogen-bond donors (Lipinski definition) is 0. The van der Waals surface area contributed by atoms with E-state index in [1.165, 1.54) is 29.5 Å². The number of alkyl halides is 6. The highest BCUT2D eigenvalue weighted by Gasteiger charge is 2.76. The molecule has 124 valence electrons. The number of halogens is 6. The second-order valence-corrected chi connectivity index (χ2v) is 6.72. The average Bonchev–Trinajstić information content (AvgIpc) is 2.94. The molecule has 1 heterocycles. The smallest absolute Gasteiger partial charge is 0.195 e. The lowest BCUT2D eigenvalue weighted by Crippen LogP contribution is -2.48. The molecular formula is C17H8F6S. The Balaban J connectivity index is 1.96. The molecule has 0 aliphatic heterocycles. The predicted molar refractivity (Wildman–Crippen MR) is 82.1 cm³/mol. The van der Waals surface area contributed by atoms with Gasteiger partial charge in [-0.25, -0.2) is 0 Å². The lowest BCUT2D eigenvalue weighted by molar-refractivity contribution is -0.257. The molecule has 0 N–H and O–H groups in total. The Hall–Kier alpha value is -2.02. The van der Waals surface area contributed by atoms with E-state index in [0.717, 1.165) is 14.8 Å². The summed E-state index contributed by atoms with van der Waals surface area (Å²) in [6.45, 7) is 0. The van der Waals surface area contributed by atoms with Gasteiger partial charge in [-0.05, 0) is 23.8 Å². The molecule has 4 rings (SSSR count). The third-order valence-corrected chi connectivity index (χ3v) is 5.32. The monoisotopic (exact) mass is 358 g/mol. The maximum absolute atomic E-state index is 13.9. The van der Waals surface area contributed by atoms with Crippen LogP contribution in [0.15, 0.2) is 48.5 Å². The first-order valence-corrected chi connectivity index (χ1v) is 7.75. The largest absolute Gasteiger partial charge is 0.380 e. The standard InChI is InChI=1S/C17H8F6S/c18-15(19)8-12(16(20,21)17(15,22)23)9-5-6-14-11(7-9)10-3-1-2-4-13(10)24-14/h1-8H. The van der Waals surface area contributed by atoms with Gasteiger partial charge in [-0.1, -0.05) is 24.3 Å². The average molecular weight is 358 g/mol. The van der Waals surface area contributed by atoms with Crippen LogP contribution in [0.1, 0.15) is 5.56 Å². The Morgan fingerprint density at radius 1 is 0.750 bits per heavy atom. The van der Waals surface area contributed by atoms with Crippen LogP contribution in [-0.4, -0.2) is 17.8 Å². The maximum atomic E-state index is 13.9. The Labute approximate surface area is 136 Å². The SMILES string of the molecule is FC1(F)C=C(c2ccc3sc4ccccc4c3c2)C(F)(F)C1(F)F. The van der Waals surface area contributed by atoms with Crippen molar-refractivity contribution < 1.29 is 26.3 Å². The molecule has 7 heteroatoms. The van der Waals surface area contributed by atoms with E-state index in [9.17, 15) is 26.3 Å². The molecule has 3 aromatic rings. The van der Waals surface area contributed by atoms with Crippen LogP contribution in [0.5, 0.6) is 0 Å². The van der Waals surface area contributed by atoms with Gasteiger partial charge >= 0.3 is 17.8 Å². The van der Waals surface area contributed by atoms with Crippen LogP contribution < -0.4 is 0 Å². The Kier molecular flexibility index (Phi) is 2.93. The fourth-order valence-corrected chi connectivity index (χ4v) is 3.99. The van der Waals surface area contributed by atoms with Crippen molar-refractivity contribution in [3.8, 4) is 0 Å². The van der Waals surface area contributed by atoms with Crippen LogP contribution in [0.2, 0.25) is 0 Å². The third kappa shape index (κ3) is 1.81. The summed E-state index contributed by atoms with van der Waals surface area (Å²) in [6, 6.07) is 11.1. The summed E-state index contributed by atoms with van der Waals surface area (Å²) in [5.74, 6) is -15.3. The Morgan fingerprint density at radius 3 is 2.08 bits per heavy atom. The van der Waals surface area contributed by atoms with Gasteiger partial charge in [-0.15, -0.1) is 11.3 Å². The molecule has 0 nitrogen and oxygen atoms in total. The van der Waals surface area contributed by atoms with Crippen LogP contribution in [0.25, 0.3) is 25.7 Å². The maximum Gasteiger partial charge on any atom is 0.380 e. The van der Waals surface area contributed by atoms with Crippen LogP contribution in [0.3, 0.4) is 0 Å². The van der Waals surface area contributed by atoms with E-state index >= 15 is 0 Å². The molecule has 0 spiro atoms. The molecule has 0 fully saturated rings. The second kappa shape index (κ2) is 4.53. The molecule has 0 amide bonds. The van der Waals surface area contributed by atoms with Crippen molar-refractivity contribution in [2.45, 2.75) is 17.8 Å². The van der Waals surface area contributed by atoms with E-state index in [0.29, 0.717) is 5.39 Å².